The molecule has 1 heterocycles. The van der Waals surface area contributed by atoms with Crippen LogP contribution in [0.3, 0.4) is 0 Å². The molecular weight excluding hydrogens is 284 g/mol. The number of hydrogen-bond acceptors (Lipinski definition) is 4. The molecule has 1 aliphatic rings. The molecule has 1 unspecified atom stereocenters. The summed E-state index contributed by atoms with van der Waals surface area (Å²) < 4.78 is 23.9. The zero-order valence-corrected chi connectivity index (χ0v) is 15.7. The quantitative estimate of drug-likeness (QED) is 0.518. The summed E-state index contributed by atoms with van der Waals surface area (Å²) in [5, 5.41) is 0. The molecule has 1 rings (SSSR count). The van der Waals surface area contributed by atoms with E-state index >= 15 is 0 Å². The molecule has 0 aliphatic carbocycles. The van der Waals surface area contributed by atoms with Gasteiger partial charge in [0.05, 0.1) is 18.8 Å². The minimum Gasteiger partial charge on any atom is -0.397 e. The molecule has 0 aromatic rings. The SMILES string of the molecule is CCCOC(CC)(C[SiH](OCC)OCC)C1(CC)COC1. The Morgan fingerprint density at radius 1 is 1.05 bits per heavy atom. The van der Waals surface area contributed by atoms with Gasteiger partial charge < -0.3 is 18.3 Å². The van der Waals surface area contributed by atoms with Gasteiger partial charge >= 0.3 is 9.28 Å². The monoisotopic (exact) mass is 318 g/mol. The minimum absolute atomic E-state index is 0.135. The van der Waals surface area contributed by atoms with E-state index in [1.54, 1.807) is 0 Å². The third-order valence-electron chi connectivity index (χ3n) is 4.76. The van der Waals surface area contributed by atoms with Crippen LogP contribution >= 0.6 is 0 Å². The fourth-order valence-corrected chi connectivity index (χ4v) is 5.75. The Hall–Kier alpha value is 0.0569. The molecule has 0 amide bonds. The largest absolute Gasteiger partial charge is 0.397 e. The van der Waals surface area contributed by atoms with Gasteiger partial charge in [0.1, 0.15) is 0 Å². The fraction of sp³-hybridized carbons (Fsp3) is 1.00. The first kappa shape index (κ1) is 19.1. The molecule has 126 valence electrons. The fourth-order valence-electron chi connectivity index (χ4n) is 3.29. The van der Waals surface area contributed by atoms with E-state index in [-0.39, 0.29) is 11.0 Å². The summed E-state index contributed by atoms with van der Waals surface area (Å²) in [4.78, 5) is 0. The third kappa shape index (κ3) is 4.29. The Bertz CT molecular complexity index is 272. The lowest BCUT2D eigenvalue weighted by molar-refractivity contribution is -0.238. The van der Waals surface area contributed by atoms with Crippen molar-refractivity contribution in [3.8, 4) is 0 Å². The lowest BCUT2D eigenvalue weighted by atomic mass is 9.67. The van der Waals surface area contributed by atoms with Gasteiger partial charge in [-0.25, -0.2) is 0 Å². The van der Waals surface area contributed by atoms with Gasteiger partial charge in [-0.3, -0.25) is 0 Å². The minimum atomic E-state index is -1.69. The van der Waals surface area contributed by atoms with Gasteiger partial charge in [-0.05, 0) is 33.1 Å². The average molecular weight is 319 g/mol. The maximum Gasteiger partial charge on any atom is 0.324 e. The lowest BCUT2D eigenvalue weighted by Gasteiger charge is -2.55. The molecule has 0 N–H and O–H groups in total. The first-order valence-electron chi connectivity index (χ1n) is 8.58. The molecule has 1 fully saturated rings. The van der Waals surface area contributed by atoms with Crippen LogP contribution in [0.25, 0.3) is 0 Å². The van der Waals surface area contributed by atoms with Crippen LogP contribution in [0.4, 0.5) is 0 Å². The molecule has 4 nitrogen and oxygen atoms in total. The highest BCUT2D eigenvalue weighted by molar-refractivity contribution is 6.44. The topological polar surface area (TPSA) is 36.9 Å². The maximum absolute atomic E-state index is 6.44. The van der Waals surface area contributed by atoms with Gasteiger partial charge in [0.2, 0.25) is 0 Å². The molecule has 0 aromatic carbocycles. The molecule has 21 heavy (non-hydrogen) atoms. The summed E-state index contributed by atoms with van der Waals surface area (Å²) in [5.74, 6) is 0. The molecular formula is C16H34O4Si. The van der Waals surface area contributed by atoms with E-state index < -0.39 is 9.28 Å². The van der Waals surface area contributed by atoms with Gasteiger partial charge in [-0.2, -0.15) is 0 Å². The number of hydrogen-bond donors (Lipinski definition) is 0. The molecule has 0 aromatic heterocycles. The molecule has 0 radical (unpaired) electrons. The molecule has 0 saturated carbocycles. The highest BCUT2D eigenvalue weighted by Crippen LogP contribution is 2.49. The van der Waals surface area contributed by atoms with Crippen molar-refractivity contribution in [2.75, 3.05) is 33.0 Å². The van der Waals surface area contributed by atoms with Crippen molar-refractivity contribution >= 4 is 9.28 Å². The third-order valence-corrected chi connectivity index (χ3v) is 7.16. The van der Waals surface area contributed by atoms with Crippen LogP contribution in [0.5, 0.6) is 0 Å². The first-order valence-corrected chi connectivity index (χ1v) is 10.3. The summed E-state index contributed by atoms with van der Waals surface area (Å²) >= 11 is 0. The predicted molar refractivity (Wildman–Crippen MR) is 88.0 cm³/mol. The molecule has 1 aliphatic heterocycles. The van der Waals surface area contributed by atoms with Gasteiger partial charge in [0.25, 0.3) is 0 Å². The van der Waals surface area contributed by atoms with Crippen molar-refractivity contribution in [1.82, 2.24) is 0 Å². The van der Waals surface area contributed by atoms with Crippen molar-refractivity contribution < 1.29 is 18.3 Å². The van der Waals surface area contributed by atoms with Crippen LogP contribution in [-0.4, -0.2) is 47.9 Å². The van der Waals surface area contributed by atoms with Crippen LogP contribution < -0.4 is 0 Å². The van der Waals surface area contributed by atoms with Gasteiger partial charge in [0.15, 0.2) is 0 Å². The Labute approximate surface area is 132 Å². The standard InChI is InChI=1S/C16H34O4Si/c1-6-11-18-16(8-3,15(7-2)12-17-13-15)14-21(19-9-4)20-10-5/h21H,6-14H2,1-5H3. The lowest BCUT2D eigenvalue weighted by Crippen LogP contribution is -2.62. The summed E-state index contributed by atoms with van der Waals surface area (Å²) in [7, 11) is -1.69. The Morgan fingerprint density at radius 3 is 2.00 bits per heavy atom. The number of rotatable bonds is 12. The van der Waals surface area contributed by atoms with E-state index in [0.717, 1.165) is 58.3 Å². The number of ether oxygens (including phenoxy) is 2. The highest BCUT2D eigenvalue weighted by atomic mass is 28.3. The summed E-state index contributed by atoms with van der Waals surface area (Å²) in [5.41, 5.74) is -0.0202. The predicted octanol–water partition coefficient (Wildman–Crippen LogP) is 3.28. The second-order valence-corrected chi connectivity index (χ2v) is 7.80. The second kappa shape index (κ2) is 9.25. The zero-order valence-electron chi connectivity index (χ0n) is 14.6. The Kier molecular flexibility index (Phi) is 8.42. The molecule has 0 bridgehead atoms. The highest BCUT2D eigenvalue weighted by Gasteiger charge is 2.56. The van der Waals surface area contributed by atoms with E-state index in [4.69, 9.17) is 18.3 Å². The van der Waals surface area contributed by atoms with Crippen LogP contribution in [0.15, 0.2) is 0 Å². The van der Waals surface area contributed by atoms with E-state index in [0.29, 0.717) is 0 Å². The van der Waals surface area contributed by atoms with Crippen LogP contribution in [0, 0.1) is 5.41 Å². The maximum atomic E-state index is 6.44. The molecule has 1 saturated heterocycles. The van der Waals surface area contributed by atoms with Crippen LogP contribution in [0.2, 0.25) is 6.04 Å². The van der Waals surface area contributed by atoms with Crippen molar-refractivity contribution in [2.24, 2.45) is 5.41 Å². The van der Waals surface area contributed by atoms with Crippen molar-refractivity contribution in [3.05, 3.63) is 0 Å². The van der Waals surface area contributed by atoms with Gasteiger partial charge in [0, 0.05) is 31.3 Å². The van der Waals surface area contributed by atoms with Crippen molar-refractivity contribution in [1.29, 1.82) is 0 Å². The summed E-state index contributed by atoms with van der Waals surface area (Å²) in [6, 6.07) is 0.919. The average Bonchev–Trinajstić information content (AvgIpc) is 2.44. The first-order chi connectivity index (χ1) is 10.1. The van der Waals surface area contributed by atoms with E-state index in [1.807, 2.05) is 13.8 Å². The molecule has 1 atom stereocenters. The molecule has 0 spiro atoms. The summed E-state index contributed by atoms with van der Waals surface area (Å²) in [6.45, 7) is 14.6. The van der Waals surface area contributed by atoms with Crippen LogP contribution in [0.1, 0.15) is 53.9 Å². The van der Waals surface area contributed by atoms with E-state index in [1.165, 1.54) is 0 Å². The Morgan fingerprint density at radius 2 is 1.67 bits per heavy atom. The van der Waals surface area contributed by atoms with Gasteiger partial charge in [-0.1, -0.05) is 20.8 Å². The normalized spacial score (nSPS) is 20.3. The smallest absolute Gasteiger partial charge is 0.324 e. The Balaban J connectivity index is 2.92. The van der Waals surface area contributed by atoms with Gasteiger partial charge in [-0.15, -0.1) is 0 Å². The second-order valence-electron chi connectivity index (χ2n) is 5.87. The van der Waals surface area contributed by atoms with E-state index in [2.05, 4.69) is 20.8 Å². The summed E-state index contributed by atoms with van der Waals surface area (Å²) in [6.07, 6.45) is 3.12. The molecule has 5 heteroatoms. The zero-order chi connectivity index (χ0) is 15.8. The van der Waals surface area contributed by atoms with Crippen LogP contribution in [-0.2, 0) is 18.3 Å². The van der Waals surface area contributed by atoms with Crippen molar-refractivity contribution in [2.45, 2.75) is 65.5 Å². The van der Waals surface area contributed by atoms with Crippen molar-refractivity contribution in [3.63, 3.8) is 0 Å². The van der Waals surface area contributed by atoms with E-state index in [9.17, 15) is 0 Å².